The minimum absolute atomic E-state index is 0.395. The molecule has 7 heteroatoms. The Hall–Kier alpha value is -0.530. The van der Waals surface area contributed by atoms with Crippen molar-refractivity contribution in [1.82, 2.24) is 9.78 Å². The largest absolute Gasteiger partial charge is 0.480 e. The summed E-state index contributed by atoms with van der Waals surface area (Å²) in [6.45, 7) is 1.92. The van der Waals surface area contributed by atoms with Crippen molar-refractivity contribution in [3.05, 3.63) is 15.9 Å². The normalized spacial score (nSPS) is 12.8. The van der Waals surface area contributed by atoms with Crippen molar-refractivity contribution in [3.8, 4) is 0 Å². The van der Waals surface area contributed by atoms with E-state index in [1.54, 1.807) is 4.68 Å². The van der Waals surface area contributed by atoms with Crippen LogP contribution in [0.1, 0.15) is 11.4 Å². The Bertz CT molecular complexity index is 394. The van der Waals surface area contributed by atoms with E-state index in [1.165, 1.54) is 11.8 Å². The monoisotopic (exact) mass is 307 g/mol. The molecule has 0 fully saturated rings. The van der Waals surface area contributed by atoms with Crippen molar-refractivity contribution in [1.29, 1.82) is 0 Å². The predicted molar refractivity (Wildman–Crippen MR) is 67.4 cm³/mol. The first-order valence-corrected chi connectivity index (χ1v) is 6.62. The fourth-order valence-corrected chi connectivity index (χ4v) is 2.89. The summed E-state index contributed by atoms with van der Waals surface area (Å²) in [5, 5.41) is 12.9. The second kappa shape index (κ2) is 5.70. The van der Waals surface area contributed by atoms with Gasteiger partial charge in [0.15, 0.2) is 0 Å². The highest BCUT2D eigenvalue weighted by molar-refractivity contribution is 9.10. The number of carbonyl (C=O) groups is 1. The van der Waals surface area contributed by atoms with E-state index in [1.807, 2.05) is 14.0 Å². The number of nitrogens with zero attached hydrogens (tertiary/aromatic N) is 2. The lowest BCUT2D eigenvalue weighted by Crippen LogP contribution is -2.32. The summed E-state index contributed by atoms with van der Waals surface area (Å²) in [6, 6.07) is -0.807. The van der Waals surface area contributed by atoms with Crippen LogP contribution in [0.15, 0.2) is 4.47 Å². The van der Waals surface area contributed by atoms with Gasteiger partial charge in [-0.3, -0.25) is 9.48 Å². The third-order valence-electron chi connectivity index (χ3n) is 2.12. The number of rotatable bonds is 5. The van der Waals surface area contributed by atoms with Crippen LogP contribution in [0.4, 0.5) is 0 Å². The third kappa shape index (κ3) is 3.23. The summed E-state index contributed by atoms with van der Waals surface area (Å²) in [7, 11) is 1.87. The zero-order valence-electron chi connectivity index (χ0n) is 9.11. The average molecular weight is 308 g/mol. The van der Waals surface area contributed by atoms with Crippen molar-refractivity contribution in [2.45, 2.75) is 18.7 Å². The Morgan fingerprint density at radius 1 is 1.75 bits per heavy atom. The van der Waals surface area contributed by atoms with Gasteiger partial charge in [-0.1, -0.05) is 0 Å². The molecule has 1 heterocycles. The second-order valence-electron chi connectivity index (χ2n) is 3.43. The first-order chi connectivity index (χ1) is 7.43. The predicted octanol–water partition coefficient (Wildman–Crippen LogP) is 1.14. The lowest BCUT2D eigenvalue weighted by Gasteiger charge is -2.06. The number of nitrogens with two attached hydrogens (primary N) is 1. The van der Waals surface area contributed by atoms with Crippen LogP contribution in [-0.2, 0) is 17.6 Å². The van der Waals surface area contributed by atoms with E-state index in [2.05, 4.69) is 21.0 Å². The molecule has 1 rings (SSSR count). The molecule has 0 saturated carbocycles. The number of carboxylic acid groups (broad SMARTS) is 1. The molecule has 0 spiro atoms. The van der Waals surface area contributed by atoms with Crippen LogP contribution >= 0.6 is 27.7 Å². The number of aryl methyl sites for hydroxylation is 2. The zero-order valence-corrected chi connectivity index (χ0v) is 11.5. The molecule has 0 unspecified atom stereocenters. The first-order valence-electron chi connectivity index (χ1n) is 4.67. The number of hydrogen-bond donors (Lipinski definition) is 2. The molecule has 0 bridgehead atoms. The van der Waals surface area contributed by atoms with Gasteiger partial charge in [0.25, 0.3) is 0 Å². The number of halogens is 1. The minimum Gasteiger partial charge on any atom is -0.480 e. The van der Waals surface area contributed by atoms with Crippen LogP contribution in [0.5, 0.6) is 0 Å². The van der Waals surface area contributed by atoms with Gasteiger partial charge >= 0.3 is 5.97 Å². The van der Waals surface area contributed by atoms with Crippen LogP contribution < -0.4 is 5.73 Å². The summed E-state index contributed by atoms with van der Waals surface area (Å²) >= 11 is 4.94. The van der Waals surface area contributed by atoms with Crippen LogP contribution in [0.25, 0.3) is 0 Å². The van der Waals surface area contributed by atoms with Crippen molar-refractivity contribution in [3.63, 3.8) is 0 Å². The highest BCUT2D eigenvalue weighted by Crippen LogP contribution is 2.24. The van der Waals surface area contributed by atoms with Gasteiger partial charge in [-0.05, 0) is 22.9 Å². The molecule has 0 saturated heterocycles. The van der Waals surface area contributed by atoms with Gasteiger partial charge < -0.3 is 10.8 Å². The zero-order chi connectivity index (χ0) is 12.3. The molecular formula is C9H14BrN3O2S. The van der Waals surface area contributed by atoms with Crippen molar-refractivity contribution in [2.75, 3.05) is 5.75 Å². The van der Waals surface area contributed by atoms with Gasteiger partial charge in [-0.2, -0.15) is 16.9 Å². The number of aromatic nitrogens is 2. The highest BCUT2D eigenvalue weighted by Gasteiger charge is 2.14. The Morgan fingerprint density at radius 3 is 2.81 bits per heavy atom. The van der Waals surface area contributed by atoms with E-state index in [-0.39, 0.29) is 0 Å². The fourth-order valence-electron chi connectivity index (χ4n) is 1.19. The second-order valence-corrected chi connectivity index (χ2v) is 5.25. The number of carboxylic acids is 1. The number of aliphatic carboxylic acids is 1. The van der Waals surface area contributed by atoms with Crippen molar-refractivity contribution in [2.24, 2.45) is 12.8 Å². The van der Waals surface area contributed by atoms with E-state index in [9.17, 15) is 4.79 Å². The van der Waals surface area contributed by atoms with Crippen molar-refractivity contribution >= 4 is 33.7 Å². The topological polar surface area (TPSA) is 81.1 Å². The average Bonchev–Trinajstić information content (AvgIpc) is 2.44. The van der Waals surface area contributed by atoms with Gasteiger partial charge in [-0.15, -0.1) is 0 Å². The lowest BCUT2D eigenvalue weighted by atomic mass is 10.4. The molecule has 0 aliphatic carbocycles. The highest BCUT2D eigenvalue weighted by atomic mass is 79.9. The standard InChI is InChI=1S/C9H14BrN3O2S/c1-5-8(10)7(13(2)12-5)4-16-3-6(11)9(14)15/h6H,3-4,11H2,1-2H3,(H,14,15)/t6-/m1/s1. The van der Waals surface area contributed by atoms with Gasteiger partial charge in [0, 0.05) is 18.6 Å². The molecule has 0 aliphatic heterocycles. The van der Waals surface area contributed by atoms with E-state index < -0.39 is 12.0 Å². The van der Waals surface area contributed by atoms with E-state index in [0.717, 1.165) is 15.9 Å². The SMILES string of the molecule is Cc1nn(C)c(CSC[C@@H](N)C(=O)O)c1Br. The number of hydrogen-bond acceptors (Lipinski definition) is 4. The summed E-state index contributed by atoms with van der Waals surface area (Å²) in [6.07, 6.45) is 0. The quantitative estimate of drug-likeness (QED) is 0.852. The molecular weight excluding hydrogens is 294 g/mol. The third-order valence-corrected chi connectivity index (χ3v) is 4.22. The molecule has 0 amide bonds. The maximum Gasteiger partial charge on any atom is 0.321 e. The summed E-state index contributed by atoms with van der Waals surface area (Å²) < 4.78 is 2.77. The number of thioether (sulfide) groups is 1. The van der Waals surface area contributed by atoms with Gasteiger partial charge in [0.05, 0.1) is 15.9 Å². The molecule has 1 aromatic heterocycles. The Balaban J connectivity index is 2.52. The van der Waals surface area contributed by atoms with E-state index >= 15 is 0 Å². The van der Waals surface area contributed by atoms with Gasteiger partial charge in [0.2, 0.25) is 0 Å². The van der Waals surface area contributed by atoms with E-state index in [0.29, 0.717) is 11.5 Å². The van der Waals surface area contributed by atoms with Crippen LogP contribution in [0.2, 0.25) is 0 Å². The molecule has 1 aromatic rings. The van der Waals surface area contributed by atoms with Crippen molar-refractivity contribution < 1.29 is 9.90 Å². The maximum atomic E-state index is 10.5. The molecule has 5 nitrogen and oxygen atoms in total. The van der Waals surface area contributed by atoms with Crippen LogP contribution in [-0.4, -0.2) is 32.7 Å². The van der Waals surface area contributed by atoms with Gasteiger partial charge in [-0.25, -0.2) is 0 Å². The summed E-state index contributed by atoms with van der Waals surface area (Å²) in [4.78, 5) is 10.5. The molecule has 0 aromatic carbocycles. The lowest BCUT2D eigenvalue weighted by molar-refractivity contribution is -0.137. The minimum atomic E-state index is -0.965. The fraction of sp³-hybridized carbons (Fsp3) is 0.556. The molecule has 90 valence electrons. The van der Waals surface area contributed by atoms with Crippen LogP contribution in [0.3, 0.4) is 0 Å². The molecule has 3 N–H and O–H groups in total. The molecule has 0 aliphatic rings. The first kappa shape index (κ1) is 13.5. The van der Waals surface area contributed by atoms with E-state index in [4.69, 9.17) is 10.8 Å². The Labute approximate surface area is 107 Å². The van der Waals surface area contributed by atoms with Gasteiger partial charge in [0.1, 0.15) is 6.04 Å². The maximum absolute atomic E-state index is 10.5. The summed E-state index contributed by atoms with van der Waals surface area (Å²) in [5.74, 6) is 0.123. The molecule has 1 atom stereocenters. The molecule has 0 radical (unpaired) electrons. The summed E-state index contributed by atoms with van der Waals surface area (Å²) in [5.41, 5.74) is 7.38. The Morgan fingerprint density at radius 2 is 2.38 bits per heavy atom. The molecule has 16 heavy (non-hydrogen) atoms. The Kier molecular flexibility index (Phi) is 4.82. The smallest absolute Gasteiger partial charge is 0.321 e. The van der Waals surface area contributed by atoms with Crippen LogP contribution in [0, 0.1) is 6.92 Å².